The van der Waals surface area contributed by atoms with Crippen molar-refractivity contribution in [1.82, 2.24) is 0 Å². The predicted octanol–water partition coefficient (Wildman–Crippen LogP) is 5.21. The minimum atomic E-state index is -2.76. The van der Waals surface area contributed by atoms with Gasteiger partial charge in [-0.1, -0.05) is 51.9 Å². The molecular formula is C11H24ClO2P. The molecule has 0 N–H and O–H groups in total. The Morgan fingerprint density at radius 1 is 1.00 bits per heavy atom. The Kier molecular flexibility index (Phi) is 10.00. The maximum Gasteiger partial charge on any atom is 0.287 e. The molecule has 0 aliphatic heterocycles. The predicted molar refractivity (Wildman–Crippen MR) is 67.9 cm³/mol. The van der Waals surface area contributed by atoms with E-state index in [9.17, 15) is 4.57 Å². The molecule has 0 amide bonds. The van der Waals surface area contributed by atoms with Crippen LogP contribution in [-0.2, 0) is 9.09 Å². The zero-order valence-electron chi connectivity index (χ0n) is 10.0. The average molecular weight is 255 g/mol. The molecule has 0 aliphatic rings. The van der Waals surface area contributed by atoms with E-state index in [4.69, 9.17) is 15.8 Å². The van der Waals surface area contributed by atoms with Gasteiger partial charge in [-0.2, -0.15) is 0 Å². The van der Waals surface area contributed by atoms with Crippen molar-refractivity contribution in [2.75, 3.05) is 13.3 Å². The molecule has 0 rings (SSSR count). The molecule has 0 saturated heterocycles. The largest absolute Gasteiger partial charge is 0.318 e. The van der Waals surface area contributed by atoms with Gasteiger partial charge in [-0.05, 0) is 17.7 Å². The van der Waals surface area contributed by atoms with Crippen LogP contribution in [0.2, 0.25) is 0 Å². The number of rotatable bonds is 10. The van der Waals surface area contributed by atoms with Crippen LogP contribution in [0.4, 0.5) is 0 Å². The van der Waals surface area contributed by atoms with Crippen molar-refractivity contribution in [1.29, 1.82) is 0 Å². The molecule has 92 valence electrons. The van der Waals surface area contributed by atoms with Crippen molar-refractivity contribution in [3.8, 4) is 0 Å². The number of hydrogen-bond acceptors (Lipinski definition) is 2. The monoisotopic (exact) mass is 254 g/mol. The first kappa shape index (κ1) is 15.5. The molecule has 0 aromatic rings. The van der Waals surface area contributed by atoms with Gasteiger partial charge >= 0.3 is 0 Å². The summed E-state index contributed by atoms with van der Waals surface area (Å²) in [4.78, 5) is 0. The lowest BCUT2D eigenvalue weighted by Crippen LogP contribution is -1.89. The van der Waals surface area contributed by atoms with Gasteiger partial charge in [-0.15, -0.1) is 0 Å². The summed E-state index contributed by atoms with van der Waals surface area (Å²) < 4.78 is 16.0. The highest BCUT2D eigenvalue weighted by Gasteiger charge is 2.08. The van der Waals surface area contributed by atoms with E-state index in [-0.39, 0.29) is 0 Å². The summed E-state index contributed by atoms with van der Waals surface area (Å²) in [6.45, 7) is 1.44. The molecule has 0 saturated carbocycles. The molecule has 1 atom stereocenters. The maximum atomic E-state index is 11.0. The summed E-state index contributed by atoms with van der Waals surface area (Å²) in [5, 5.41) is 0. The highest BCUT2D eigenvalue weighted by Crippen LogP contribution is 2.48. The lowest BCUT2D eigenvalue weighted by Gasteiger charge is -2.05. The van der Waals surface area contributed by atoms with Crippen molar-refractivity contribution < 1.29 is 9.09 Å². The Hall–Kier alpha value is 0.480. The summed E-state index contributed by atoms with van der Waals surface area (Å²) in [5.41, 5.74) is 0. The average Bonchev–Trinajstić information content (AvgIpc) is 2.14. The van der Waals surface area contributed by atoms with Gasteiger partial charge < -0.3 is 4.52 Å². The first-order chi connectivity index (χ1) is 7.06. The SMILES string of the molecule is CCCCCCCCCCOP(C)(=O)Cl. The van der Waals surface area contributed by atoms with Gasteiger partial charge in [0.1, 0.15) is 0 Å². The lowest BCUT2D eigenvalue weighted by atomic mass is 10.1. The van der Waals surface area contributed by atoms with Crippen LogP contribution in [-0.4, -0.2) is 13.3 Å². The molecule has 0 aromatic heterocycles. The van der Waals surface area contributed by atoms with E-state index < -0.39 is 6.72 Å². The van der Waals surface area contributed by atoms with Crippen molar-refractivity contribution in [2.45, 2.75) is 58.3 Å². The molecule has 15 heavy (non-hydrogen) atoms. The number of hydrogen-bond donors (Lipinski definition) is 0. The Morgan fingerprint density at radius 2 is 1.47 bits per heavy atom. The first-order valence-electron chi connectivity index (χ1n) is 5.98. The lowest BCUT2D eigenvalue weighted by molar-refractivity contribution is 0.314. The van der Waals surface area contributed by atoms with Crippen LogP contribution in [0.1, 0.15) is 58.3 Å². The Labute approximate surface area is 99.0 Å². The summed E-state index contributed by atoms with van der Waals surface area (Å²) in [5.74, 6) is 0. The molecule has 1 unspecified atom stereocenters. The minimum Gasteiger partial charge on any atom is -0.318 e. The van der Waals surface area contributed by atoms with Crippen LogP contribution in [0.3, 0.4) is 0 Å². The van der Waals surface area contributed by atoms with E-state index in [2.05, 4.69) is 6.92 Å². The third-order valence-electron chi connectivity index (χ3n) is 2.32. The quantitative estimate of drug-likeness (QED) is 0.395. The van der Waals surface area contributed by atoms with E-state index in [1.54, 1.807) is 0 Å². The van der Waals surface area contributed by atoms with Crippen LogP contribution in [0.5, 0.6) is 0 Å². The standard InChI is InChI=1S/C11H24ClO2P/c1-3-4-5-6-7-8-9-10-11-14-15(2,12)13/h3-11H2,1-2H3. The molecule has 4 heteroatoms. The van der Waals surface area contributed by atoms with Crippen LogP contribution < -0.4 is 0 Å². The molecule has 0 aromatic carbocycles. The minimum absolute atomic E-state index is 0.534. The number of unbranched alkanes of at least 4 members (excludes halogenated alkanes) is 7. The number of halogens is 1. The topological polar surface area (TPSA) is 26.3 Å². The smallest absolute Gasteiger partial charge is 0.287 e. The molecule has 0 radical (unpaired) electrons. The van der Waals surface area contributed by atoms with E-state index in [0.717, 1.165) is 12.8 Å². The summed E-state index contributed by atoms with van der Waals surface area (Å²) in [6, 6.07) is 0. The second-order valence-electron chi connectivity index (χ2n) is 4.05. The normalized spacial score (nSPS) is 15.1. The van der Waals surface area contributed by atoms with Gasteiger partial charge in [-0.25, -0.2) is 0 Å². The molecule has 0 heterocycles. The third kappa shape index (κ3) is 14.5. The molecule has 0 bridgehead atoms. The second-order valence-corrected chi connectivity index (χ2v) is 7.65. The molecule has 0 fully saturated rings. The zero-order valence-corrected chi connectivity index (χ0v) is 11.7. The van der Waals surface area contributed by atoms with Gasteiger partial charge in [0, 0.05) is 6.66 Å². The van der Waals surface area contributed by atoms with Crippen LogP contribution in [0.15, 0.2) is 0 Å². The highest BCUT2D eigenvalue weighted by molar-refractivity contribution is 7.84. The van der Waals surface area contributed by atoms with E-state index >= 15 is 0 Å². The van der Waals surface area contributed by atoms with Crippen LogP contribution >= 0.6 is 18.0 Å². The molecular weight excluding hydrogens is 231 g/mol. The van der Waals surface area contributed by atoms with Gasteiger partial charge in [-0.3, -0.25) is 4.57 Å². The first-order valence-corrected chi connectivity index (χ1v) is 8.95. The fraction of sp³-hybridized carbons (Fsp3) is 1.00. The summed E-state index contributed by atoms with van der Waals surface area (Å²) in [6.07, 6.45) is 10.1. The van der Waals surface area contributed by atoms with Crippen molar-refractivity contribution in [3.05, 3.63) is 0 Å². The van der Waals surface area contributed by atoms with E-state index in [0.29, 0.717) is 6.61 Å². The molecule has 2 nitrogen and oxygen atoms in total. The Bertz CT molecular complexity index is 179. The van der Waals surface area contributed by atoms with E-state index in [1.165, 1.54) is 45.2 Å². The third-order valence-corrected chi connectivity index (χ3v) is 3.26. The fourth-order valence-corrected chi connectivity index (χ4v) is 2.13. The maximum absolute atomic E-state index is 11.0. The van der Waals surface area contributed by atoms with Gasteiger partial charge in [0.15, 0.2) is 0 Å². The zero-order chi connectivity index (χ0) is 11.6. The highest BCUT2D eigenvalue weighted by atomic mass is 35.7. The Balaban J connectivity index is 3.02. The summed E-state index contributed by atoms with van der Waals surface area (Å²) in [7, 11) is 0. The van der Waals surface area contributed by atoms with Gasteiger partial charge in [0.05, 0.1) is 6.61 Å². The van der Waals surface area contributed by atoms with Crippen molar-refractivity contribution >= 4 is 18.0 Å². The van der Waals surface area contributed by atoms with E-state index in [1.807, 2.05) is 0 Å². The second kappa shape index (κ2) is 9.69. The van der Waals surface area contributed by atoms with Crippen molar-refractivity contribution in [2.24, 2.45) is 0 Å². The molecule has 0 spiro atoms. The van der Waals surface area contributed by atoms with Crippen molar-refractivity contribution in [3.63, 3.8) is 0 Å². The van der Waals surface area contributed by atoms with Gasteiger partial charge in [0.2, 0.25) is 0 Å². The van der Waals surface area contributed by atoms with Crippen LogP contribution in [0, 0.1) is 0 Å². The fourth-order valence-electron chi connectivity index (χ4n) is 1.46. The summed E-state index contributed by atoms with van der Waals surface area (Å²) >= 11 is 5.46. The van der Waals surface area contributed by atoms with Gasteiger partial charge in [0.25, 0.3) is 6.72 Å². The van der Waals surface area contributed by atoms with Crippen LogP contribution in [0.25, 0.3) is 0 Å². The Morgan fingerprint density at radius 3 is 1.93 bits per heavy atom. The molecule has 0 aliphatic carbocycles.